The largest absolute Gasteiger partial charge is 0.508 e. The highest BCUT2D eigenvalue weighted by molar-refractivity contribution is 8.76. The van der Waals surface area contributed by atoms with Gasteiger partial charge in [0.25, 0.3) is 0 Å². The van der Waals surface area contributed by atoms with Gasteiger partial charge in [0.1, 0.15) is 23.5 Å². The second-order valence-corrected chi connectivity index (χ2v) is 16.4. The molecule has 0 spiro atoms. The van der Waals surface area contributed by atoms with Gasteiger partial charge in [0.2, 0.25) is 0 Å². The van der Waals surface area contributed by atoms with E-state index in [0.717, 1.165) is 64.3 Å². The molecule has 0 amide bonds. The SMILES string of the molecule is CN[C@H](O[C@H]1CC(=O)CCc2ccc(O)c(OC)c2-c2ccc3ccc(O)cc3c2CSSC2CCC1CC2)c1ccc(NCC(C)=O)c(CO)c1. The van der Waals surface area contributed by atoms with Gasteiger partial charge in [0.15, 0.2) is 11.5 Å². The van der Waals surface area contributed by atoms with Crippen LogP contribution in [0, 0.1) is 5.92 Å². The van der Waals surface area contributed by atoms with Crippen LogP contribution in [0.5, 0.6) is 17.2 Å². The highest BCUT2D eigenvalue weighted by Crippen LogP contribution is 2.47. The average Bonchev–Trinajstić information content (AvgIpc) is 3.15. The number of ketones is 2. The number of aryl methyl sites for hydroxylation is 1. The number of carbonyl (C=O) groups is 2. The Morgan fingerprint density at radius 2 is 1.79 bits per heavy atom. The van der Waals surface area contributed by atoms with Gasteiger partial charge in [0.05, 0.1) is 26.4 Å². The Bertz CT molecular complexity index is 1910. The third kappa shape index (κ3) is 8.72. The second-order valence-electron chi connectivity index (χ2n) is 13.8. The van der Waals surface area contributed by atoms with Gasteiger partial charge in [-0.15, -0.1) is 0 Å². The molecule has 0 saturated heterocycles. The van der Waals surface area contributed by atoms with Crippen molar-refractivity contribution in [3.8, 4) is 28.4 Å². The molecule has 1 aliphatic carbocycles. The lowest BCUT2D eigenvalue weighted by Gasteiger charge is -2.35. The number of aliphatic hydroxyl groups excluding tert-OH is 1. The first kappa shape index (κ1) is 38.0. The van der Waals surface area contributed by atoms with Crippen LogP contribution in [0.15, 0.2) is 60.7 Å². The number of aromatic hydroxyl groups is 2. The van der Waals surface area contributed by atoms with Gasteiger partial charge in [-0.25, -0.2) is 0 Å². The summed E-state index contributed by atoms with van der Waals surface area (Å²) in [7, 11) is 7.09. The first-order valence-electron chi connectivity index (χ1n) is 17.9. The molecule has 4 aromatic rings. The summed E-state index contributed by atoms with van der Waals surface area (Å²) in [5, 5.41) is 40.4. The molecule has 4 aromatic carbocycles. The van der Waals surface area contributed by atoms with Crippen molar-refractivity contribution >= 4 is 49.6 Å². The quantitative estimate of drug-likeness (QED) is 0.0841. The molecule has 5 N–H and O–H groups in total. The average molecular weight is 745 g/mol. The van der Waals surface area contributed by atoms with Gasteiger partial charge in [-0.2, -0.15) is 0 Å². The molecule has 11 heteroatoms. The number of phenols is 2. The Morgan fingerprint density at radius 3 is 2.52 bits per heavy atom. The topological polar surface area (TPSA) is 137 Å². The van der Waals surface area contributed by atoms with Crippen LogP contribution >= 0.6 is 21.6 Å². The van der Waals surface area contributed by atoms with Crippen LogP contribution in [-0.4, -0.2) is 58.9 Å². The number of carbonyl (C=O) groups excluding carboxylic acids is 2. The number of methoxy groups -OCH3 is 1. The predicted octanol–water partition coefficient (Wildman–Crippen LogP) is 8.07. The van der Waals surface area contributed by atoms with Gasteiger partial charge < -0.3 is 30.1 Å². The number of Topliss-reactive ketones (excluding diaryl/α,β-unsaturated/α-hetero) is 2. The molecule has 3 aliphatic rings. The molecule has 0 unspecified atom stereocenters. The van der Waals surface area contributed by atoms with Crippen molar-refractivity contribution in [1.82, 2.24) is 5.32 Å². The molecule has 276 valence electrons. The summed E-state index contributed by atoms with van der Waals surface area (Å²) in [6.07, 6.45) is 4.14. The summed E-state index contributed by atoms with van der Waals surface area (Å²) in [6.45, 7) is 1.49. The molecule has 2 heterocycles. The van der Waals surface area contributed by atoms with Crippen molar-refractivity contribution in [3.63, 3.8) is 0 Å². The van der Waals surface area contributed by atoms with E-state index < -0.39 is 6.23 Å². The van der Waals surface area contributed by atoms with E-state index in [-0.39, 0.29) is 54.7 Å². The molecule has 1 saturated carbocycles. The minimum Gasteiger partial charge on any atom is -0.508 e. The molecule has 2 bridgehead atoms. The molecule has 2 aliphatic heterocycles. The fourth-order valence-corrected chi connectivity index (χ4v) is 10.4. The van der Waals surface area contributed by atoms with Crippen LogP contribution in [0.25, 0.3) is 21.9 Å². The third-order valence-corrected chi connectivity index (χ3v) is 13.1. The van der Waals surface area contributed by atoms with Crippen molar-refractivity contribution in [2.75, 3.05) is 26.0 Å². The van der Waals surface area contributed by atoms with Gasteiger partial charge in [-0.3, -0.25) is 14.9 Å². The van der Waals surface area contributed by atoms with E-state index >= 15 is 0 Å². The molecular formula is C41H48N2O7S2. The summed E-state index contributed by atoms with van der Waals surface area (Å²) in [4.78, 5) is 25.5. The fourth-order valence-electron chi connectivity index (χ4n) is 7.54. The Balaban J connectivity index is 1.32. The molecule has 0 aromatic heterocycles. The number of phenolic OH excluding ortho intramolecular Hbond substituents is 2. The van der Waals surface area contributed by atoms with Crippen molar-refractivity contribution in [2.24, 2.45) is 5.92 Å². The maximum Gasteiger partial charge on any atom is 0.168 e. The van der Waals surface area contributed by atoms with Crippen LogP contribution in [0.3, 0.4) is 0 Å². The van der Waals surface area contributed by atoms with Crippen LogP contribution in [0.1, 0.15) is 73.9 Å². The third-order valence-electron chi connectivity index (χ3n) is 10.3. The summed E-state index contributed by atoms with van der Waals surface area (Å²) in [6, 6.07) is 18.7. The molecule has 52 heavy (non-hydrogen) atoms. The minimum atomic E-state index is -0.503. The van der Waals surface area contributed by atoms with E-state index in [1.807, 2.05) is 71.1 Å². The lowest BCUT2D eigenvalue weighted by molar-refractivity contribution is -0.127. The number of rotatable bonds is 9. The minimum absolute atomic E-state index is 0.00106. The number of ether oxygens (including phenoxy) is 2. The fraction of sp³-hybridized carbons (Fsp3) is 0.415. The van der Waals surface area contributed by atoms with Crippen molar-refractivity contribution < 1.29 is 34.4 Å². The van der Waals surface area contributed by atoms with E-state index in [9.17, 15) is 24.9 Å². The predicted molar refractivity (Wildman–Crippen MR) is 210 cm³/mol. The molecule has 7 rings (SSSR count). The maximum absolute atomic E-state index is 13.9. The normalized spacial score (nSPS) is 20.2. The smallest absolute Gasteiger partial charge is 0.168 e. The zero-order valence-corrected chi connectivity index (χ0v) is 31.6. The number of aliphatic hydroxyl groups is 1. The molecule has 0 radical (unpaired) electrons. The number of nitrogens with one attached hydrogen (secondary N) is 2. The summed E-state index contributed by atoms with van der Waals surface area (Å²) in [5.41, 5.74) is 5.83. The van der Waals surface area contributed by atoms with Crippen LogP contribution < -0.4 is 15.4 Å². The van der Waals surface area contributed by atoms with Gasteiger partial charge in [0, 0.05) is 40.7 Å². The van der Waals surface area contributed by atoms with Gasteiger partial charge in [-0.05, 0) is 115 Å². The van der Waals surface area contributed by atoms with E-state index in [1.165, 1.54) is 6.92 Å². The highest BCUT2D eigenvalue weighted by atomic mass is 33.1. The van der Waals surface area contributed by atoms with Gasteiger partial charge >= 0.3 is 0 Å². The Hall–Kier alpha value is -3.74. The zero-order valence-electron chi connectivity index (χ0n) is 29.9. The Morgan fingerprint density at radius 1 is 1.00 bits per heavy atom. The lowest BCUT2D eigenvalue weighted by Crippen LogP contribution is -2.35. The van der Waals surface area contributed by atoms with Crippen molar-refractivity contribution in [3.05, 3.63) is 82.9 Å². The first-order valence-corrected chi connectivity index (χ1v) is 20.3. The molecule has 1 fully saturated rings. The van der Waals surface area contributed by atoms with E-state index in [2.05, 4.69) is 16.7 Å². The number of benzene rings is 4. The lowest BCUT2D eigenvalue weighted by atomic mass is 9.82. The highest BCUT2D eigenvalue weighted by Gasteiger charge is 2.33. The standard InChI is InChI=1S/C41H48N2O7S2/c1-24(45)21-43-36-16-9-28(18-29(36)22-44)41(42-2)50-38-20-31(47)12-5-27-10-17-37(48)40(49-3)39(27)33-15-8-25-4-11-30(46)19-34(25)35(33)23-51-52-32-13-6-26(38)7-14-32/h4,8-11,15-19,26,32,38,41-44,46,48H,5-7,12-14,20-23H2,1-3H3/t26?,32?,38-,41+/m0/s1. The summed E-state index contributed by atoms with van der Waals surface area (Å²) >= 11 is 0. The van der Waals surface area contributed by atoms with Crippen molar-refractivity contribution in [1.29, 1.82) is 0 Å². The van der Waals surface area contributed by atoms with Crippen LogP contribution in [-0.2, 0) is 33.1 Å². The molecule has 9 nitrogen and oxygen atoms in total. The molecule has 2 atom stereocenters. The number of fused-ring (bicyclic) bond motifs is 9. The monoisotopic (exact) mass is 744 g/mol. The van der Waals surface area contributed by atoms with Crippen LogP contribution in [0.2, 0.25) is 0 Å². The summed E-state index contributed by atoms with van der Waals surface area (Å²) in [5.74, 6) is 1.59. The molecular weight excluding hydrogens is 697 g/mol. The maximum atomic E-state index is 13.9. The Kier molecular flexibility index (Phi) is 12.7. The van der Waals surface area contributed by atoms with Crippen molar-refractivity contribution in [2.45, 2.75) is 81.8 Å². The zero-order chi connectivity index (χ0) is 36.8. The van der Waals surface area contributed by atoms with E-state index in [1.54, 1.807) is 19.2 Å². The number of hydrogen-bond donors (Lipinski definition) is 5. The first-order chi connectivity index (χ1) is 25.2. The second kappa shape index (κ2) is 17.4. The van der Waals surface area contributed by atoms with E-state index in [4.69, 9.17) is 9.47 Å². The number of anilines is 1. The Labute approximate surface area is 313 Å². The van der Waals surface area contributed by atoms with Crippen LogP contribution in [0.4, 0.5) is 5.69 Å². The summed E-state index contributed by atoms with van der Waals surface area (Å²) < 4.78 is 12.6. The number of hydrogen-bond acceptors (Lipinski definition) is 11. The van der Waals surface area contributed by atoms with E-state index in [0.29, 0.717) is 40.8 Å². The van der Waals surface area contributed by atoms with Gasteiger partial charge in [-0.1, -0.05) is 51.9 Å².